The monoisotopic (exact) mass is 179 g/mol. The molecule has 0 aromatic carbocycles. The van der Waals surface area contributed by atoms with Gasteiger partial charge in [0.1, 0.15) is 0 Å². The maximum Gasteiger partial charge on any atom is 0.252 e. The molecule has 4 heteroatoms. The Morgan fingerprint density at radius 3 is 2.85 bits per heavy atom. The molecule has 0 spiro atoms. The van der Waals surface area contributed by atoms with Crippen LogP contribution in [-0.2, 0) is 6.54 Å². The van der Waals surface area contributed by atoms with Gasteiger partial charge in [0.05, 0.1) is 11.3 Å². The minimum absolute atomic E-state index is 0.0985. The molecule has 0 saturated carbocycles. The van der Waals surface area contributed by atoms with E-state index < -0.39 is 0 Å². The van der Waals surface area contributed by atoms with Gasteiger partial charge in [-0.05, 0) is 19.1 Å². The first-order chi connectivity index (χ1) is 6.27. The van der Waals surface area contributed by atoms with Gasteiger partial charge in [0, 0.05) is 19.3 Å². The summed E-state index contributed by atoms with van der Waals surface area (Å²) in [5.74, 6) is -0.0985. The third kappa shape index (κ3) is 2.52. The summed E-state index contributed by atoms with van der Waals surface area (Å²) < 4.78 is 0. The van der Waals surface area contributed by atoms with Gasteiger partial charge in [0.2, 0.25) is 0 Å². The Morgan fingerprint density at radius 1 is 1.62 bits per heavy atom. The second-order valence-corrected chi connectivity index (χ2v) is 2.60. The highest BCUT2D eigenvalue weighted by atomic mass is 16.1. The van der Waals surface area contributed by atoms with Crippen LogP contribution in [0.25, 0.3) is 0 Å². The summed E-state index contributed by atoms with van der Waals surface area (Å²) in [4.78, 5) is 15.3. The lowest BCUT2D eigenvalue weighted by atomic mass is 10.2. The molecule has 0 aliphatic carbocycles. The molecule has 0 fully saturated rings. The number of carbonyl (C=O) groups is 1. The van der Waals surface area contributed by atoms with Gasteiger partial charge in [0.25, 0.3) is 5.91 Å². The maximum absolute atomic E-state index is 11.3. The lowest BCUT2D eigenvalue weighted by Gasteiger charge is -2.01. The van der Waals surface area contributed by atoms with Crippen molar-refractivity contribution in [3.63, 3.8) is 0 Å². The fourth-order valence-corrected chi connectivity index (χ4v) is 0.942. The average Bonchev–Trinajstić information content (AvgIpc) is 2.18. The van der Waals surface area contributed by atoms with Gasteiger partial charge in [-0.25, -0.2) is 0 Å². The van der Waals surface area contributed by atoms with Crippen molar-refractivity contribution < 1.29 is 4.79 Å². The first kappa shape index (κ1) is 9.67. The molecule has 0 atom stereocenters. The van der Waals surface area contributed by atoms with Crippen LogP contribution in [0.2, 0.25) is 0 Å². The van der Waals surface area contributed by atoms with Gasteiger partial charge in [-0.15, -0.1) is 0 Å². The number of amides is 1. The Kier molecular flexibility index (Phi) is 3.40. The van der Waals surface area contributed by atoms with Crippen LogP contribution in [0, 0.1) is 0 Å². The number of carbonyl (C=O) groups excluding carboxylic acids is 1. The molecular formula is C9H13N3O. The van der Waals surface area contributed by atoms with Crippen molar-refractivity contribution in [2.24, 2.45) is 5.73 Å². The Hall–Kier alpha value is -1.42. The lowest BCUT2D eigenvalue weighted by molar-refractivity contribution is 0.0955. The van der Waals surface area contributed by atoms with Crippen molar-refractivity contribution in [2.75, 3.05) is 6.54 Å². The van der Waals surface area contributed by atoms with Crippen molar-refractivity contribution in [1.29, 1.82) is 0 Å². The summed E-state index contributed by atoms with van der Waals surface area (Å²) in [7, 11) is 0. The predicted octanol–water partition coefficient (Wildman–Crippen LogP) is 0.290. The average molecular weight is 179 g/mol. The number of rotatable bonds is 3. The molecule has 0 bridgehead atoms. The van der Waals surface area contributed by atoms with Crippen LogP contribution < -0.4 is 11.1 Å². The van der Waals surface area contributed by atoms with E-state index in [1.54, 1.807) is 12.1 Å². The normalized spacial score (nSPS) is 9.69. The molecule has 70 valence electrons. The Bertz CT molecular complexity index is 281. The molecule has 4 nitrogen and oxygen atoms in total. The van der Waals surface area contributed by atoms with Gasteiger partial charge >= 0.3 is 0 Å². The lowest BCUT2D eigenvalue weighted by Crippen LogP contribution is -2.22. The van der Waals surface area contributed by atoms with Crippen LogP contribution in [0.4, 0.5) is 0 Å². The molecule has 13 heavy (non-hydrogen) atoms. The zero-order valence-corrected chi connectivity index (χ0v) is 7.58. The smallest absolute Gasteiger partial charge is 0.252 e. The van der Waals surface area contributed by atoms with E-state index in [0.29, 0.717) is 18.7 Å². The Labute approximate surface area is 77.2 Å². The van der Waals surface area contributed by atoms with E-state index in [1.807, 2.05) is 6.92 Å². The number of pyridine rings is 1. The van der Waals surface area contributed by atoms with Crippen LogP contribution in [-0.4, -0.2) is 17.4 Å². The predicted molar refractivity (Wildman–Crippen MR) is 50.1 cm³/mol. The summed E-state index contributed by atoms with van der Waals surface area (Å²) in [6.45, 7) is 2.90. The zero-order chi connectivity index (χ0) is 9.68. The molecule has 0 aliphatic rings. The molecule has 1 aromatic rings. The minimum atomic E-state index is -0.0985. The number of nitrogens with two attached hydrogens (primary N) is 1. The van der Waals surface area contributed by atoms with E-state index in [1.165, 1.54) is 6.20 Å². The highest BCUT2D eigenvalue weighted by Gasteiger charge is 2.03. The zero-order valence-electron chi connectivity index (χ0n) is 7.58. The third-order valence-corrected chi connectivity index (χ3v) is 1.63. The van der Waals surface area contributed by atoms with E-state index in [0.717, 1.165) is 5.69 Å². The summed E-state index contributed by atoms with van der Waals surface area (Å²) in [5, 5.41) is 2.69. The van der Waals surface area contributed by atoms with Gasteiger partial charge < -0.3 is 11.1 Å². The Balaban J connectivity index is 2.74. The molecule has 0 radical (unpaired) electrons. The number of nitrogens with zero attached hydrogens (tertiary/aromatic N) is 1. The van der Waals surface area contributed by atoms with Crippen molar-refractivity contribution in [2.45, 2.75) is 13.5 Å². The van der Waals surface area contributed by atoms with E-state index in [4.69, 9.17) is 5.73 Å². The Morgan fingerprint density at radius 2 is 2.38 bits per heavy atom. The van der Waals surface area contributed by atoms with E-state index in [-0.39, 0.29) is 5.91 Å². The quantitative estimate of drug-likeness (QED) is 0.700. The first-order valence-electron chi connectivity index (χ1n) is 4.21. The second-order valence-electron chi connectivity index (χ2n) is 2.60. The SMILES string of the molecule is CCNC(=O)c1ccc(CN)nc1. The van der Waals surface area contributed by atoms with Gasteiger partial charge in [-0.2, -0.15) is 0 Å². The number of hydrogen-bond donors (Lipinski definition) is 2. The summed E-state index contributed by atoms with van der Waals surface area (Å²) in [6.07, 6.45) is 1.53. The first-order valence-corrected chi connectivity index (χ1v) is 4.21. The van der Waals surface area contributed by atoms with Crippen LogP contribution in [0.1, 0.15) is 23.0 Å². The van der Waals surface area contributed by atoms with Crippen molar-refractivity contribution >= 4 is 5.91 Å². The molecule has 0 unspecified atom stereocenters. The summed E-state index contributed by atoms with van der Waals surface area (Å²) >= 11 is 0. The molecule has 1 amide bonds. The fourth-order valence-electron chi connectivity index (χ4n) is 0.942. The van der Waals surface area contributed by atoms with Crippen LogP contribution in [0.5, 0.6) is 0 Å². The molecule has 1 aromatic heterocycles. The van der Waals surface area contributed by atoms with Gasteiger partial charge in [-0.1, -0.05) is 0 Å². The summed E-state index contributed by atoms with van der Waals surface area (Å²) in [5.41, 5.74) is 6.73. The van der Waals surface area contributed by atoms with E-state index in [9.17, 15) is 4.79 Å². The highest BCUT2D eigenvalue weighted by Crippen LogP contribution is 1.99. The minimum Gasteiger partial charge on any atom is -0.352 e. The largest absolute Gasteiger partial charge is 0.352 e. The highest BCUT2D eigenvalue weighted by molar-refractivity contribution is 5.93. The van der Waals surface area contributed by atoms with Gasteiger partial charge in [0.15, 0.2) is 0 Å². The number of aromatic nitrogens is 1. The molecule has 1 heterocycles. The van der Waals surface area contributed by atoms with Crippen molar-refractivity contribution in [3.05, 3.63) is 29.6 Å². The molecular weight excluding hydrogens is 166 g/mol. The fraction of sp³-hybridized carbons (Fsp3) is 0.333. The van der Waals surface area contributed by atoms with Crippen molar-refractivity contribution in [1.82, 2.24) is 10.3 Å². The van der Waals surface area contributed by atoms with E-state index in [2.05, 4.69) is 10.3 Å². The molecule has 1 rings (SSSR count). The van der Waals surface area contributed by atoms with Gasteiger partial charge in [-0.3, -0.25) is 9.78 Å². The van der Waals surface area contributed by atoms with Crippen LogP contribution in [0.3, 0.4) is 0 Å². The number of hydrogen-bond acceptors (Lipinski definition) is 3. The van der Waals surface area contributed by atoms with E-state index >= 15 is 0 Å². The van der Waals surface area contributed by atoms with Crippen LogP contribution in [0.15, 0.2) is 18.3 Å². The molecule has 3 N–H and O–H groups in total. The molecule has 0 saturated heterocycles. The number of nitrogens with one attached hydrogen (secondary N) is 1. The summed E-state index contributed by atoms with van der Waals surface area (Å²) in [6, 6.07) is 3.48. The standard InChI is InChI=1S/C9H13N3O/c1-2-11-9(13)7-3-4-8(5-10)12-6-7/h3-4,6H,2,5,10H2,1H3,(H,11,13). The third-order valence-electron chi connectivity index (χ3n) is 1.63. The van der Waals surface area contributed by atoms with Crippen LogP contribution >= 0.6 is 0 Å². The van der Waals surface area contributed by atoms with Crippen molar-refractivity contribution in [3.8, 4) is 0 Å². The topological polar surface area (TPSA) is 68.0 Å². The molecule has 0 aliphatic heterocycles. The maximum atomic E-state index is 11.3. The second kappa shape index (κ2) is 4.57.